The first-order valence-corrected chi connectivity index (χ1v) is 8.22. The number of carbonyl (C=O) groups excluding carboxylic acids is 1. The van der Waals surface area contributed by atoms with Crippen molar-refractivity contribution in [2.24, 2.45) is 0 Å². The van der Waals surface area contributed by atoms with Gasteiger partial charge in [-0.25, -0.2) is 4.79 Å². The molecular weight excluding hydrogens is 288 g/mol. The van der Waals surface area contributed by atoms with Gasteiger partial charge in [-0.1, -0.05) is 12.1 Å². The zero-order valence-corrected chi connectivity index (χ0v) is 15.9. The molecule has 130 valence electrons. The number of hydrogen-bond acceptors (Lipinski definition) is 3. The predicted octanol–water partition coefficient (Wildman–Crippen LogP) is 4.75. The first-order valence-electron chi connectivity index (χ1n) is 8.22. The second kappa shape index (κ2) is 7.24. The van der Waals surface area contributed by atoms with E-state index in [1.54, 1.807) is 4.90 Å². The second-order valence-corrected chi connectivity index (χ2v) is 8.05. The largest absolute Gasteiger partial charge is 0.444 e. The van der Waals surface area contributed by atoms with Gasteiger partial charge in [0.1, 0.15) is 5.60 Å². The van der Waals surface area contributed by atoms with Crippen molar-refractivity contribution in [3.63, 3.8) is 0 Å². The van der Waals surface area contributed by atoms with Gasteiger partial charge in [-0.05, 0) is 72.6 Å². The summed E-state index contributed by atoms with van der Waals surface area (Å²) in [6, 6.07) is 6.33. The predicted molar refractivity (Wildman–Crippen MR) is 97.1 cm³/mol. The standard InChI is InChI=1S/C19H32N2O2/c1-14-9-10-15(2)16(13-14)20-11-12-21(18(3,4)5)17(22)23-19(6,7)8/h9-10,13,20H,11-12H2,1-8H3. The molecule has 1 amide bonds. The van der Waals surface area contributed by atoms with Gasteiger partial charge in [-0.2, -0.15) is 0 Å². The molecular formula is C19H32N2O2. The van der Waals surface area contributed by atoms with Crippen molar-refractivity contribution >= 4 is 11.8 Å². The van der Waals surface area contributed by atoms with Crippen LogP contribution in [0.4, 0.5) is 10.5 Å². The Hall–Kier alpha value is -1.71. The molecule has 0 atom stereocenters. The van der Waals surface area contributed by atoms with Crippen LogP contribution >= 0.6 is 0 Å². The van der Waals surface area contributed by atoms with Crippen LogP contribution in [0.2, 0.25) is 0 Å². The molecule has 4 heteroatoms. The Balaban J connectivity index is 2.72. The number of anilines is 1. The smallest absolute Gasteiger partial charge is 0.410 e. The summed E-state index contributed by atoms with van der Waals surface area (Å²) in [5.74, 6) is 0. The topological polar surface area (TPSA) is 41.6 Å². The number of amides is 1. The lowest BCUT2D eigenvalue weighted by atomic mass is 10.1. The molecule has 0 aromatic heterocycles. The third-order valence-electron chi connectivity index (χ3n) is 3.47. The van der Waals surface area contributed by atoms with Gasteiger partial charge in [-0.3, -0.25) is 0 Å². The Labute approximate surface area is 141 Å². The van der Waals surface area contributed by atoms with Crippen LogP contribution < -0.4 is 5.32 Å². The maximum atomic E-state index is 12.4. The maximum absolute atomic E-state index is 12.4. The molecule has 0 heterocycles. The van der Waals surface area contributed by atoms with E-state index in [2.05, 4.69) is 37.4 Å². The van der Waals surface area contributed by atoms with E-state index in [-0.39, 0.29) is 11.6 Å². The summed E-state index contributed by atoms with van der Waals surface area (Å²) in [4.78, 5) is 14.2. The van der Waals surface area contributed by atoms with Crippen LogP contribution in [0, 0.1) is 13.8 Å². The van der Waals surface area contributed by atoms with Crippen molar-refractivity contribution in [1.29, 1.82) is 0 Å². The van der Waals surface area contributed by atoms with Gasteiger partial charge in [0.25, 0.3) is 0 Å². The van der Waals surface area contributed by atoms with Gasteiger partial charge in [0.15, 0.2) is 0 Å². The van der Waals surface area contributed by atoms with E-state index in [1.165, 1.54) is 11.1 Å². The van der Waals surface area contributed by atoms with Crippen LogP contribution in [0.25, 0.3) is 0 Å². The number of ether oxygens (including phenoxy) is 1. The molecule has 4 nitrogen and oxygen atoms in total. The van der Waals surface area contributed by atoms with Crippen molar-refractivity contribution in [3.8, 4) is 0 Å². The monoisotopic (exact) mass is 320 g/mol. The minimum atomic E-state index is -0.485. The van der Waals surface area contributed by atoms with E-state index < -0.39 is 5.60 Å². The molecule has 0 fully saturated rings. The van der Waals surface area contributed by atoms with E-state index in [0.717, 1.165) is 5.69 Å². The molecule has 0 radical (unpaired) electrons. The molecule has 0 aliphatic rings. The van der Waals surface area contributed by atoms with Gasteiger partial charge in [0.2, 0.25) is 0 Å². The van der Waals surface area contributed by atoms with Gasteiger partial charge in [-0.15, -0.1) is 0 Å². The Bertz CT molecular complexity index is 539. The molecule has 1 aromatic rings. The van der Waals surface area contributed by atoms with E-state index >= 15 is 0 Å². The van der Waals surface area contributed by atoms with E-state index in [4.69, 9.17) is 4.74 Å². The number of nitrogens with zero attached hydrogens (tertiary/aromatic N) is 1. The molecule has 23 heavy (non-hydrogen) atoms. The summed E-state index contributed by atoms with van der Waals surface area (Å²) in [5.41, 5.74) is 2.77. The third-order valence-corrected chi connectivity index (χ3v) is 3.47. The molecule has 0 saturated carbocycles. The summed E-state index contributed by atoms with van der Waals surface area (Å²) in [5, 5.41) is 3.42. The maximum Gasteiger partial charge on any atom is 0.410 e. The highest BCUT2D eigenvalue weighted by Crippen LogP contribution is 2.19. The SMILES string of the molecule is Cc1ccc(C)c(NCCN(C(=O)OC(C)(C)C)C(C)(C)C)c1. The molecule has 0 spiro atoms. The Morgan fingerprint density at radius 1 is 1.13 bits per heavy atom. The van der Waals surface area contributed by atoms with Crippen molar-refractivity contribution in [2.75, 3.05) is 18.4 Å². The van der Waals surface area contributed by atoms with Gasteiger partial charge >= 0.3 is 6.09 Å². The Kier molecular flexibility index (Phi) is 6.09. The molecule has 1 N–H and O–H groups in total. The molecule has 0 unspecified atom stereocenters. The number of aryl methyl sites for hydroxylation is 2. The average Bonchev–Trinajstić information content (AvgIpc) is 2.34. The summed E-state index contributed by atoms with van der Waals surface area (Å²) >= 11 is 0. The van der Waals surface area contributed by atoms with E-state index in [0.29, 0.717) is 13.1 Å². The molecule has 1 aromatic carbocycles. The highest BCUT2D eigenvalue weighted by molar-refractivity contribution is 5.69. The number of nitrogens with one attached hydrogen (secondary N) is 1. The second-order valence-electron chi connectivity index (χ2n) is 8.05. The molecule has 0 aliphatic heterocycles. The normalized spacial score (nSPS) is 12.0. The summed E-state index contributed by atoms with van der Waals surface area (Å²) in [7, 11) is 0. The van der Waals surface area contributed by atoms with Crippen LogP contribution in [-0.4, -0.2) is 35.2 Å². The van der Waals surface area contributed by atoms with Crippen molar-refractivity contribution in [3.05, 3.63) is 29.3 Å². The lowest BCUT2D eigenvalue weighted by molar-refractivity contribution is 0.00749. The van der Waals surface area contributed by atoms with Crippen LogP contribution in [0.5, 0.6) is 0 Å². The first kappa shape index (κ1) is 19.3. The van der Waals surface area contributed by atoms with Crippen LogP contribution in [-0.2, 0) is 4.74 Å². The van der Waals surface area contributed by atoms with Gasteiger partial charge in [0, 0.05) is 24.3 Å². The quantitative estimate of drug-likeness (QED) is 0.870. The molecule has 0 saturated heterocycles. The minimum Gasteiger partial charge on any atom is -0.444 e. The number of hydrogen-bond donors (Lipinski definition) is 1. The lowest BCUT2D eigenvalue weighted by Crippen LogP contribution is -2.49. The molecule has 0 bridgehead atoms. The molecule has 0 aliphatic carbocycles. The fraction of sp³-hybridized carbons (Fsp3) is 0.632. The highest BCUT2D eigenvalue weighted by atomic mass is 16.6. The summed E-state index contributed by atoms with van der Waals surface area (Å²) in [6.07, 6.45) is -0.271. The fourth-order valence-electron chi connectivity index (χ4n) is 2.25. The van der Waals surface area contributed by atoms with Crippen molar-refractivity contribution < 1.29 is 9.53 Å². The minimum absolute atomic E-state index is 0.271. The first-order chi connectivity index (χ1) is 10.4. The Morgan fingerprint density at radius 2 is 1.74 bits per heavy atom. The van der Waals surface area contributed by atoms with E-state index in [9.17, 15) is 4.79 Å². The number of rotatable bonds is 4. The fourth-order valence-corrected chi connectivity index (χ4v) is 2.25. The third kappa shape index (κ3) is 6.51. The number of benzene rings is 1. The zero-order valence-electron chi connectivity index (χ0n) is 15.9. The van der Waals surface area contributed by atoms with Crippen molar-refractivity contribution in [1.82, 2.24) is 4.90 Å². The number of carbonyl (C=O) groups is 1. The van der Waals surface area contributed by atoms with Crippen LogP contribution in [0.15, 0.2) is 18.2 Å². The van der Waals surface area contributed by atoms with Crippen molar-refractivity contribution in [2.45, 2.75) is 66.5 Å². The van der Waals surface area contributed by atoms with Gasteiger partial charge in [0.05, 0.1) is 0 Å². The highest BCUT2D eigenvalue weighted by Gasteiger charge is 2.30. The average molecular weight is 320 g/mol. The van der Waals surface area contributed by atoms with Crippen LogP contribution in [0.3, 0.4) is 0 Å². The molecule has 1 rings (SSSR count). The lowest BCUT2D eigenvalue weighted by Gasteiger charge is -2.37. The van der Waals surface area contributed by atoms with Crippen LogP contribution in [0.1, 0.15) is 52.7 Å². The Morgan fingerprint density at radius 3 is 2.26 bits per heavy atom. The van der Waals surface area contributed by atoms with E-state index in [1.807, 2.05) is 41.5 Å². The summed E-state index contributed by atoms with van der Waals surface area (Å²) < 4.78 is 5.53. The zero-order chi connectivity index (χ0) is 17.8. The van der Waals surface area contributed by atoms with Gasteiger partial charge < -0.3 is 15.0 Å². The summed E-state index contributed by atoms with van der Waals surface area (Å²) in [6.45, 7) is 17.2.